The molecule has 0 aromatic carbocycles. The number of aromatic nitrogens is 2. The molecule has 1 atom stereocenters. The van der Waals surface area contributed by atoms with Crippen LogP contribution in [0.2, 0.25) is 0 Å². The lowest BCUT2D eigenvalue weighted by molar-refractivity contribution is -0.150. The molecule has 1 N–H and O–H groups in total. The van der Waals surface area contributed by atoms with E-state index in [-0.39, 0.29) is 5.41 Å². The third-order valence-corrected chi connectivity index (χ3v) is 3.08. The van der Waals surface area contributed by atoms with Crippen molar-refractivity contribution in [1.82, 2.24) is 10.2 Å². The van der Waals surface area contributed by atoms with Crippen molar-refractivity contribution in [1.29, 1.82) is 0 Å². The second-order valence-corrected chi connectivity index (χ2v) is 5.67. The Labute approximate surface area is 112 Å². The van der Waals surface area contributed by atoms with Gasteiger partial charge in [0.1, 0.15) is 0 Å². The van der Waals surface area contributed by atoms with Crippen LogP contribution >= 0.6 is 0 Å². The number of hydrogen-bond donors (Lipinski definition) is 1. The fourth-order valence-electron chi connectivity index (χ4n) is 1.90. The van der Waals surface area contributed by atoms with Crippen molar-refractivity contribution in [3.05, 3.63) is 17.8 Å². The van der Waals surface area contributed by atoms with Crippen LogP contribution in [0.3, 0.4) is 0 Å². The van der Waals surface area contributed by atoms with E-state index >= 15 is 0 Å². The van der Waals surface area contributed by atoms with E-state index in [0.717, 1.165) is 5.69 Å². The Kier molecular flexibility index (Phi) is 3.71. The van der Waals surface area contributed by atoms with Crippen LogP contribution in [0.15, 0.2) is 12.1 Å². The molecule has 1 aliphatic rings. The first kappa shape index (κ1) is 13.7. The molecule has 1 aromatic heterocycles. The smallest absolute Gasteiger partial charge is 0.334 e. The summed E-state index contributed by atoms with van der Waals surface area (Å²) in [5.74, 6) is -0.244. The minimum Gasteiger partial charge on any atom is -0.479 e. The van der Waals surface area contributed by atoms with E-state index in [4.69, 9.17) is 9.84 Å². The number of carbonyl (C=O) groups is 1. The minimum absolute atomic E-state index is 0.0415. The van der Waals surface area contributed by atoms with Crippen molar-refractivity contribution in [2.45, 2.75) is 32.3 Å². The number of rotatable bonds is 2. The van der Waals surface area contributed by atoms with Gasteiger partial charge in [0.2, 0.25) is 0 Å². The summed E-state index contributed by atoms with van der Waals surface area (Å²) in [7, 11) is 0. The van der Waals surface area contributed by atoms with Gasteiger partial charge < -0.3 is 14.7 Å². The lowest BCUT2D eigenvalue weighted by Crippen LogP contribution is -2.46. The molecular weight excluding hydrogens is 246 g/mol. The molecule has 0 aliphatic carbocycles. The topological polar surface area (TPSA) is 75.5 Å². The second-order valence-electron chi connectivity index (χ2n) is 5.67. The van der Waals surface area contributed by atoms with Crippen LogP contribution in [0.25, 0.3) is 0 Å². The lowest BCUT2D eigenvalue weighted by atomic mass is 9.92. The van der Waals surface area contributed by atoms with E-state index in [2.05, 4.69) is 31.0 Å². The minimum atomic E-state index is -0.941. The molecule has 2 heterocycles. The highest BCUT2D eigenvalue weighted by molar-refractivity contribution is 5.73. The standard InChI is InChI=1S/C13H19N3O3/c1-13(2,3)10-4-5-11(15-14-10)16-6-7-19-9(8-16)12(17)18/h4-5,9H,6-8H2,1-3H3,(H,17,18). The average Bonchev–Trinajstić information content (AvgIpc) is 2.38. The number of morpholine rings is 1. The van der Waals surface area contributed by atoms with Crippen LogP contribution in [0.4, 0.5) is 5.82 Å². The molecule has 0 spiro atoms. The molecule has 104 valence electrons. The highest BCUT2D eigenvalue weighted by Gasteiger charge is 2.27. The quantitative estimate of drug-likeness (QED) is 0.862. The summed E-state index contributed by atoms with van der Waals surface area (Å²) in [6, 6.07) is 3.82. The summed E-state index contributed by atoms with van der Waals surface area (Å²) in [5, 5.41) is 17.4. The number of carboxylic acid groups (broad SMARTS) is 1. The van der Waals surface area contributed by atoms with Crippen LogP contribution in [-0.4, -0.2) is 47.1 Å². The van der Waals surface area contributed by atoms with E-state index in [0.29, 0.717) is 25.5 Å². The maximum Gasteiger partial charge on any atom is 0.334 e. The van der Waals surface area contributed by atoms with Crippen LogP contribution < -0.4 is 4.90 Å². The Morgan fingerprint density at radius 3 is 2.68 bits per heavy atom. The highest BCUT2D eigenvalue weighted by Crippen LogP contribution is 2.21. The van der Waals surface area contributed by atoms with Gasteiger partial charge in [0.25, 0.3) is 0 Å². The molecule has 19 heavy (non-hydrogen) atoms. The zero-order chi connectivity index (χ0) is 14.0. The number of aliphatic carboxylic acids is 1. The molecule has 1 aromatic rings. The van der Waals surface area contributed by atoms with Crippen molar-refractivity contribution >= 4 is 11.8 Å². The molecule has 0 radical (unpaired) electrons. The van der Waals surface area contributed by atoms with Gasteiger partial charge in [0.15, 0.2) is 11.9 Å². The molecule has 0 saturated carbocycles. The third kappa shape index (κ3) is 3.20. The van der Waals surface area contributed by atoms with Crippen LogP contribution in [0, 0.1) is 0 Å². The molecular formula is C13H19N3O3. The highest BCUT2D eigenvalue weighted by atomic mass is 16.5. The predicted octanol–water partition coefficient (Wildman–Crippen LogP) is 1.06. The van der Waals surface area contributed by atoms with Crippen LogP contribution in [-0.2, 0) is 14.9 Å². The first-order valence-electron chi connectivity index (χ1n) is 6.31. The molecule has 1 unspecified atom stereocenters. The fraction of sp³-hybridized carbons (Fsp3) is 0.615. The SMILES string of the molecule is CC(C)(C)c1ccc(N2CCOC(C(=O)O)C2)nn1. The van der Waals surface area contributed by atoms with E-state index in [9.17, 15) is 4.79 Å². The van der Waals surface area contributed by atoms with Gasteiger partial charge in [0, 0.05) is 12.0 Å². The van der Waals surface area contributed by atoms with Gasteiger partial charge in [-0.3, -0.25) is 0 Å². The maximum absolute atomic E-state index is 10.9. The Bertz CT molecular complexity index is 453. The van der Waals surface area contributed by atoms with Crippen molar-refractivity contribution in [3.63, 3.8) is 0 Å². The number of carboxylic acids is 1. The Morgan fingerprint density at radius 1 is 1.42 bits per heavy atom. The number of ether oxygens (including phenoxy) is 1. The number of hydrogen-bond acceptors (Lipinski definition) is 5. The third-order valence-electron chi connectivity index (χ3n) is 3.08. The first-order valence-corrected chi connectivity index (χ1v) is 6.31. The number of nitrogens with zero attached hydrogens (tertiary/aromatic N) is 3. The molecule has 0 amide bonds. The van der Waals surface area contributed by atoms with Crippen molar-refractivity contribution < 1.29 is 14.6 Å². The molecule has 0 bridgehead atoms. The molecule has 1 saturated heterocycles. The van der Waals surface area contributed by atoms with Crippen molar-refractivity contribution in [2.75, 3.05) is 24.6 Å². The van der Waals surface area contributed by atoms with Gasteiger partial charge in [-0.1, -0.05) is 20.8 Å². The Hall–Kier alpha value is -1.69. The zero-order valence-electron chi connectivity index (χ0n) is 11.5. The van der Waals surface area contributed by atoms with Crippen LogP contribution in [0.5, 0.6) is 0 Å². The molecule has 6 nitrogen and oxygen atoms in total. The van der Waals surface area contributed by atoms with Crippen molar-refractivity contribution in [2.24, 2.45) is 0 Å². The number of anilines is 1. The summed E-state index contributed by atoms with van der Waals surface area (Å²) in [6.45, 7) is 7.55. The molecule has 1 aliphatic heterocycles. The van der Waals surface area contributed by atoms with Gasteiger partial charge in [0.05, 0.1) is 18.8 Å². The summed E-state index contributed by atoms with van der Waals surface area (Å²) < 4.78 is 5.18. The monoisotopic (exact) mass is 265 g/mol. The second kappa shape index (κ2) is 5.13. The molecule has 2 rings (SSSR count). The van der Waals surface area contributed by atoms with Gasteiger partial charge >= 0.3 is 5.97 Å². The fourth-order valence-corrected chi connectivity index (χ4v) is 1.90. The van der Waals surface area contributed by atoms with E-state index in [1.807, 2.05) is 17.0 Å². The zero-order valence-corrected chi connectivity index (χ0v) is 11.5. The van der Waals surface area contributed by atoms with Gasteiger partial charge in [-0.25, -0.2) is 4.79 Å². The maximum atomic E-state index is 10.9. The van der Waals surface area contributed by atoms with Crippen LogP contribution in [0.1, 0.15) is 26.5 Å². The summed E-state index contributed by atoms with van der Waals surface area (Å²) in [4.78, 5) is 12.8. The lowest BCUT2D eigenvalue weighted by Gasteiger charge is -2.31. The molecule has 6 heteroatoms. The first-order chi connectivity index (χ1) is 8.88. The normalized spacial score (nSPS) is 20.4. The summed E-state index contributed by atoms with van der Waals surface area (Å²) in [6.07, 6.45) is -0.794. The van der Waals surface area contributed by atoms with E-state index in [1.165, 1.54) is 0 Å². The van der Waals surface area contributed by atoms with Gasteiger partial charge in [-0.2, -0.15) is 5.10 Å². The Morgan fingerprint density at radius 2 is 2.16 bits per heavy atom. The summed E-state index contributed by atoms with van der Waals surface area (Å²) >= 11 is 0. The van der Waals surface area contributed by atoms with E-state index < -0.39 is 12.1 Å². The predicted molar refractivity (Wildman–Crippen MR) is 70.3 cm³/mol. The van der Waals surface area contributed by atoms with Gasteiger partial charge in [-0.05, 0) is 12.1 Å². The average molecular weight is 265 g/mol. The summed E-state index contributed by atoms with van der Waals surface area (Å²) in [5.41, 5.74) is 0.874. The van der Waals surface area contributed by atoms with Gasteiger partial charge in [-0.15, -0.1) is 5.10 Å². The van der Waals surface area contributed by atoms with Crippen molar-refractivity contribution in [3.8, 4) is 0 Å². The largest absolute Gasteiger partial charge is 0.479 e. The van der Waals surface area contributed by atoms with E-state index in [1.54, 1.807) is 0 Å². The Balaban J connectivity index is 2.12. The molecule has 1 fully saturated rings.